The van der Waals surface area contributed by atoms with Crippen molar-refractivity contribution in [2.24, 2.45) is 5.92 Å². The number of ether oxygens (including phenoxy) is 1. The molecule has 0 atom stereocenters. The highest BCUT2D eigenvalue weighted by Crippen LogP contribution is 2.30. The third kappa shape index (κ3) is 3.48. The molecule has 4 heteroatoms. The number of carbonyl (C=O) groups excluding carboxylic acids is 1. The van der Waals surface area contributed by atoms with Gasteiger partial charge < -0.3 is 14.1 Å². The summed E-state index contributed by atoms with van der Waals surface area (Å²) in [7, 11) is 0. The largest absolute Gasteiger partial charge is 0.493 e. The summed E-state index contributed by atoms with van der Waals surface area (Å²) in [5.41, 5.74) is 1.76. The van der Waals surface area contributed by atoms with Gasteiger partial charge in [-0.15, -0.1) is 0 Å². The van der Waals surface area contributed by atoms with Crippen molar-refractivity contribution in [2.45, 2.75) is 44.7 Å². The number of amides is 1. The van der Waals surface area contributed by atoms with Gasteiger partial charge in [-0.25, -0.2) is 0 Å². The molecule has 2 aliphatic rings. The molecule has 0 aliphatic heterocycles. The zero-order chi connectivity index (χ0) is 16.4. The second-order valence-electron chi connectivity index (χ2n) is 6.93. The maximum absolute atomic E-state index is 12.6. The van der Waals surface area contributed by atoms with Gasteiger partial charge in [-0.1, -0.05) is 18.6 Å². The lowest BCUT2D eigenvalue weighted by Crippen LogP contribution is -2.32. The quantitative estimate of drug-likeness (QED) is 0.764. The van der Waals surface area contributed by atoms with E-state index in [0.29, 0.717) is 18.2 Å². The molecule has 1 amide bonds. The number of hydrogen-bond donors (Lipinski definition) is 0. The van der Waals surface area contributed by atoms with Crippen LogP contribution in [0.2, 0.25) is 0 Å². The second kappa shape index (κ2) is 6.71. The van der Waals surface area contributed by atoms with Crippen molar-refractivity contribution < 1.29 is 13.9 Å². The van der Waals surface area contributed by atoms with Crippen molar-refractivity contribution in [3.05, 3.63) is 54.0 Å². The molecule has 24 heavy (non-hydrogen) atoms. The Kier molecular flexibility index (Phi) is 4.28. The fourth-order valence-corrected chi connectivity index (χ4v) is 3.07. The zero-order valence-corrected chi connectivity index (χ0v) is 13.8. The van der Waals surface area contributed by atoms with Crippen molar-refractivity contribution in [3.8, 4) is 5.75 Å². The fraction of sp³-hybridized carbons (Fsp3) is 0.450. The minimum atomic E-state index is 0.0524. The number of nitrogens with zero attached hydrogens (tertiary/aromatic N) is 1. The van der Waals surface area contributed by atoms with Crippen molar-refractivity contribution >= 4 is 5.91 Å². The van der Waals surface area contributed by atoms with Crippen molar-refractivity contribution in [1.29, 1.82) is 0 Å². The average molecular weight is 325 g/mol. The Bertz CT molecular complexity index is 669. The molecule has 2 fully saturated rings. The van der Waals surface area contributed by atoms with E-state index in [1.807, 2.05) is 17.0 Å². The molecule has 0 saturated heterocycles. The molecule has 1 aromatic carbocycles. The Morgan fingerprint density at radius 2 is 1.92 bits per heavy atom. The maximum Gasteiger partial charge on any atom is 0.257 e. The van der Waals surface area contributed by atoms with E-state index >= 15 is 0 Å². The number of furan rings is 1. The first-order valence-electron chi connectivity index (χ1n) is 8.84. The summed E-state index contributed by atoms with van der Waals surface area (Å²) in [6.07, 6.45) is 9.18. The number of benzene rings is 1. The second-order valence-corrected chi connectivity index (χ2v) is 6.93. The first kappa shape index (κ1) is 15.3. The molecule has 0 bridgehead atoms. The Morgan fingerprint density at radius 1 is 1.12 bits per heavy atom. The maximum atomic E-state index is 12.6. The van der Waals surface area contributed by atoms with Crippen LogP contribution < -0.4 is 4.74 Å². The highest BCUT2D eigenvalue weighted by atomic mass is 16.5. The Labute approximate surface area is 142 Å². The van der Waals surface area contributed by atoms with Crippen LogP contribution in [-0.2, 0) is 6.54 Å². The van der Waals surface area contributed by atoms with Crippen molar-refractivity contribution in [1.82, 2.24) is 4.90 Å². The molecule has 4 rings (SSSR count). The van der Waals surface area contributed by atoms with Crippen LogP contribution in [0.25, 0.3) is 0 Å². The standard InChI is InChI=1S/C20H23NO3/c22-20(17-10-11-23-14-17)21(18-6-7-18)12-15-4-8-19(9-5-15)24-13-16-2-1-3-16/h4-5,8-11,14,16,18H,1-3,6-7,12-13H2. The van der Waals surface area contributed by atoms with E-state index in [1.54, 1.807) is 12.3 Å². The van der Waals surface area contributed by atoms with Crippen LogP contribution in [0.1, 0.15) is 48.0 Å². The summed E-state index contributed by atoms with van der Waals surface area (Å²) in [5, 5.41) is 0. The van der Waals surface area contributed by atoms with E-state index in [9.17, 15) is 4.79 Å². The lowest BCUT2D eigenvalue weighted by molar-refractivity contribution is 0.0729. The molecule has 2 saturated carbocycles. The minimum absolute atomic E-state index is 0.0524. The summed E-state index contributed by atoms with van der Waals surface area (Å²) in [5.74, 6) is 1.71. The van der Waals surface area contributed by atoms with Crippen LogP contribution in [-0.4, -0.2) is 23.5 Å². The number of rotatable bonds is 7. The van der Waals surface area contributed by atoms with Crippen LogP contribution in [0.3, 0.4) is 0 Å². The fourth-order valence-electron chi connectivity index (χ4n) is 3.07. The Hall–Kier alpha value is -2.23. The number of hydrogen-bond acceptors (Lipinski definition) is 3. The number of carbonyl (C=O) groups is 1. The van der Waals surface area contributed by atoms with Crippen LogP contribution in [0.15, 0.2) is 47.3 Å². The summed E-state index contributed by atoms with van der Waals surface area (Å²) in [6, 6.07) is 10.3. The Morgan fingerprint density at radius 3 is 2.50 bits per heavy atom. The van der Waals surface area contributed by atoms with Crippen molar-refractivity contribution in [2.75, 3.05) is 6.61 Å². The predicted octanol–water partition coefficient (Wildman–Crippen LogP) is 4.26. The van der Waals surface area contributed by atoms with E-state index < -0.39 is 0 Å². The third-order valence-electron chi connectivity index (χ3n) is 5.00. The molecular formula is C20H23NO3. The first-order valence-corrected chi connectivity index (χ1v) is 8.84. The van der Waals surface area contributed by atoms with Gasteiger partial charge in [-0.3, -0.25) is 4.79 Å². The monoisotopic (exact) mass is 325 g/mol. The molecule has 0 radical (unpaired) electrons. The molecule has 2 aliphatic carbocycles. The van der Waals surface area contributed by atoms with E-state index in [4.69, 9.17) is 9.15 Å². The van der Waals surface area contributed by atoms with Gasteiger partial charge in [0.15, 0.2) is 0 Å². The molecule has 1 aromatic heterocycles. The topological polar surface area (TPSA) is 42.7 Å². The van der Waals surface area contributed by atoms with Gasteiger partial charge in [0.05, 0.1) is 18.4 Å². The minimum Gasteiger partial charge on any atom is -0.493 e. The normalized spacial score (nSPS) is 17.3. The predicted molar refractivity (Wildman–Crippen MR) is 90.9 cm³/mol. The smallest absolute Gasteiger partial charge is 0.257 e. The van der Waals surface area contributed by atoms with Crippen molar-refractivity contribution in [3.63, 3.8) is 0 Å². The lowest BCUT2D eigenvalue weighted by atomic mass is 9.86. The molecule has 0 N–H and O–H groups in total. The van der Waals surface area contributed by atoms with Gasteiger partial charge in [-0.05, 0) is 55.4 Å². The molecule has 0 spiro atoms. The van der Waals surface area contributed by atoms with Crippen LogP contribution in [0.4, 0.5) is 0 Å². The summed E-state index contributed by atoms with van der Waals surface area (Å²) in [6.45, 7) is 1.46. The average Bonchev–Trinajstić information content (AvgIpc) is 3.25. The van der Waals surface area contributed by atoms with Gasteiger partial charge in [0.25, 0.3) is 5.91 Å². The highest BCUT2D eigenvalue weighted by Gasteiger charge is 2.33. The van der Waals surface area contributed by atoms with E-state index in [2.05, 4.69) is 12.1 Å². The molecule has 4 nitrogen and oxygen atoms in total. The SMILES string of the molecule is O=C(c1ccoc1)N(Cc1ccc(OCC2CCC2)cc1)C1CC1. The summed E-state index contributed by atoms with van der Waals surface area (Å²) >= 11 is 0. The van der Waals surface area contributed by atoms with E-state index in [1.165, 1.54) is 25.5 Å². The van der Waals surface area contributed by atoms with Crippen LogP contribution >= 0.6 is 0 Å². The third-order valence-corrected chi connectivity index (χ3v) is 5.00. The molecular weight excluding hydrogens is 302 g/mol. The Balaban J connectivity index is 1.38. The van der Waals surface area contributed by atoms with Gasteiger partial charge >= 0.3 is 0 Å². The molecule has 126 valence electrons. The van der Waals surface area contributed by atoms with Gasteiger partial charge in [0.2, 0.25) is 0 Å². The van der Waals surface area contributed by atoms with E-state index in [-0.39, 0.29) is 5.91 Å². The van der Waals surface area contributed by atoms with Crippen LogP contribution in [0, 0.1) is 5.92 Å². The van der Waals surface area contributed by atoms with Gasteiger partial charge in [0, 0.05) is 12.6 Å². The van der Waals surface area contributed by atoms with Gasteiger partial charge in [0.1, 0.15) is 12.0 Å². The zero-order valence-electron chi connectivity index (χ0n) is 13.8. The van der Waals surface area contributed by atoms with E-state index in [0.717, 1.165) is 36.7 Å². The molecule has 0 unspecified atom stereocenters. The first-order chi connectivity index (χ1) is 11.8. The summed E-state index contributed by atoms with van der Waals surface area (Å²) in [4.78, 5) is 14.6. The molecule has 1 heterocycles. The van der Waals surface area contributed by atoms with Crippen LogP contribution in [0.5, 0.6) is 5.75 Å². The lowest BCUT2D eigenvalue weighted by Gasteiger charge is -2.25. The summed E-state index contributed by atoms with van der Waals surface area (Å²) < 4.78 is 10.9. The van der Waals surface area contributed by atoms with Gasteiger partial charge in [-0.2, -0.15) is 0 Å². The molecule has 2 aromatic rings. The highest BCUT2D eigenvalue weighted by molar-refractivity contribution is 5.94.